The lowest BCUT2D eigenvalue weighted by molar-refractivity contribution is 0.0505. The molecule has 124 valence electrons. The summed E-state index contributed by atoms with van der Waals surface area (Å²) in [6, 6.07) is -0.0915. The third kappa shape index (κ3) is 7.66. The highest BCUT2D eigenvalue weighted by atomic mass is 32.2. The molecule has 0 bridgehead atoms. The minimum absolute atomic E-state index is 0.000833. The lowest BCUT2D eigenvalue weighted by atomic mass is 10.1. The summed E-state index contributed by atoms with van der Waals surface area (Å²) >= 11 is 0. The molecule has 0 aromatic rings. The van der Waals surface area contributed by atoms with Gasteiger partial charge in [0.25, 0.3) is 0 Å². The molecule has 1 fully saturated rings. The van der Waals surface area contributed by atoms with Crippen LogP contribution in [0.4, 0.5) is 4.79 Å². The van der Waals surface area contributed by atoms with Crippen LogP contribution < -0.4 is 10.0 Å². The summed E-state index contributed by atoms with van der Waals surface area (Å²) in [6.45, 7) is 9.05. The number of carbonyl (C=O) groups is 1. The fourth-order valence-electron chi connectivity index (χ4n) is 2.55. The number of carbonyl (C=O) groups excluding carboxylic acids is 1. The molecule has 0 heterocycles. The van der Waals surface area contributed by atoms with E-state index in [1.165, 1.54) is 0 Å². The first-order valence-corrected chi connectivity index (χ1v) is 9.11. The van der Waals surface area contributed by atoms with Crippen LogP contribution in [-0.4, -0.2) is 37.9 Å². The minimum Gasteiger partial charge on any atom is -0.444 e. The maximum atomic E-state index is 11.9. The number of ether oxygens (including phenoxy) is 1. The van der Waals surface area contributed by atoms with E-state index in [9.17, 15) is 13.2 Å². The Morgan fingerprint density at radius 3 is 2.43 bits per heavy atom. The number of rotatable bonds is 5. The van der Waals surface area contributed by atoms with Gasteiger partial charge < -0.3 is 10.1 Å². The van der Waals surface area contributed by atoms with E-state index in [1.807, 2.05) is 20.8 Å². The molecule has 1 aliphatic carbocycles. The average molecular weight is 320 g/mol. The second-order valence-electron chi connectivity index (χ2n) is 7.08. The van der Waals surface area contributed by atoms with E-state index < -0.39 is 21.7 Å². The van der Waals surface area contributed by atoms with Gasteiger partial charge in [0.2, 0.25) is 10.0 Å². The molecule has 2 atom stereocenters. The van der Waals surface area contributed by atoms with Gasteiger partial charge in [-0.25, -0.2) is 17.9 Å². The molecule has 1 saturated carbocycles. The second kappa shape index (κ2) is 6.96. The van der Waals surface area contributed by atoms with Crippen LogP contribution in [-0.2, 0) is 14.8 Å². The van der Waals surface area contributed by atoms with Crippen molar-refractivity contribution in [3.63, 3.8) is 0 Å². The maximum Gasteiger partial charge on any atom is 0.407 e. The fraction of sp³-hybridized carbons (Fsp3) is 0.929. The van der Waals surface area contributed by atoms with Crippen molar-refractivity contribution in [3.8, 4) is 0 Å². The second-order valence-corrected chi connectivity index (χ2v) is 8.87. The molecule has 0 saturated heterocycles. The Kier molecular flexibility index (Phi) is 6.04. The summed E-state index contributed by atoms with van der Waals surface area (Å²) in [5, 5.41) is 2.82. The predicted molar refractivity (Wildman–Crippen MR) is 82.6 cm³/mol. The molecular weight excluding hydrogens is 292 g/mol. The zero-order valence-electron chi connectivity index (χ0n) is 13.6. The zero-order valence-corrected chi connectivity index (χ0v) is 14.4. The smallest absolute Gasteiger partial charge is 0.407 e. The van der Waals surface area contributed by atoms with Gasteiger partial charge in [-0.15, -0.1) is 0 Å². The Balaban J connectivity index is 2.41. The molecule has 1 rings (SSSR count). The Labute approximate surface area is 128 Å². The van der Waals surface area contributed by atoms with Gasteiger partial charge >= 0.3 is 6.09 Å². The zero-order chi connectivity index (χ0) is 16.3. The van der Waals surface area contributed by atoms with Crippen LogP contribution >= 0.6 is 0 Å². The quantitative estimate of drug-likeness (QED) is 0.811. The molecule has 0 spiro atoms. The van der Waals surface area contributed by atoms with Gasteiger partial charge in [0.1, 0.15) is 5.60 Å². The Bertz CT molecular complexity index is 454. The lowest BCUT2D eigenvalue weighted by Crippen LogP contribution is -2.38. The lowest BCUT2D eigenvalue weighted by Gasteiger charge is -2.21. The topological polar surface area (TPSA) is 84.5 Å². The van der Waals surface area contributed by atoms with Gasteiger partial charge in [0, 0.05) is 12.1 Å². The van der Waals surface area contributed by atoms with Crippen molar-refractivity contribution in [2.75, 3.05) is 5.75 Å². The maximum absolute atomic E-state index is 11.9. The van der Waals surface area contributed by atoms with Crippen LogP contribution in [0.5, 0.6) is 0 Å². The number of amides is 1. The Morgan fingerprint density at radius 2 is 1.90 bits per heavy atom. The van der Waals surface area contributed by atoms with Crippen LogP contribution in [0.15, 0.2) is 0 Å². The largest absolute Gasteiger partial charge is 0.444 e. The fourth-order valence-corrected chi connectivity index (χ4v) is 4.29. The number of sulfonamides is 1. The molecule has 0 aliphatic heterocycles. The Morgan fingerprint density at radius 1 is 1.29 bits per heavy atom. The standard InChI is InChI=1S/C14H28N2O4S/c1-10(2)16-21(18,19)9-11-6-7-12(8-11)15-13(17)20-14(3,4)5/h10-12,16H,6-9H2,1-5H3,(H,15,17)/t11-,12+/m1/s1. The van der Waals surface area contributed by atoms with Gasteiger partial charge in [-0.2, -0.15) is 0 Å². The van der Waals surface area contributed by atoms with Gasteiger partial charge in [0.05, 0.1) is 5.75 Å². The minimum atomic E-state index is -3.24. The van der Waals surface area contributed by atoms with Crippen LogP contribution in [0, 0.1) is 5.92 Å². The van der Waals surface area contributed by atoms with E-state index in [-0.39, 0.29) is 23.8 Å². The van der Waals surface area contributed by atoms with Crippen molar-refractivity contribution in [2.45, 2.75) is 71.6 Å². The summed E-state index contributed by atoms with van der Waals surface area (Å²) in [6.07, 6.45) is 1.84. The van der Waals surface area contributed by atoms with Crippen LogP contribution in [0.25, 0.3) is 0 Å². The molecule has 0 aromatic carbocycles. The molecule has 21 heavy (non-hydrogen) atoms. The van der Waals surface area contributed by atoms with Crippen LogP contribution in [0.2, 0.25) is 0 Å². The van der Waals surface area contributed by atoms with Crippen molar-refractivity contribution in [1.29, 1.82) is 0 Å². The van der Waals surface area contributed by atoms with Crippen molar-refractivity contribution in [3.05, 3.63) is 0 Å². The van der Waals surface area contributed by atoms with Crippen LogP contribution in [0.3, 0.4) is 0 Å². The Hall–Kier alpha value is -0.820. The number of hydrogen-bond donors (Lipinski definition) is 2. The third-order valence-corrected chi connectivity index (χ3v) is 4.87. The molecule has 1 amide bonds. The molecule has 2 N–H and O–H groups in total. The molecule has 0 aromatic heterocycles. The first-order chi connectivity index (χ1) is 9.47. The molecule has 7 heteroatoms. The van der Waals surface area contributed by atoms with E-state index in [4.69, 9.17) is 4.74 Å². The summed E-state index contributed by atoms with van der Waals surface area (Å²) in [5.41, 5.74) is -0.521. The van der Waals surface area contributed by atoms with E-state index in [0.717, 1.165) is 12.8 Å². The van der Waals surface area contributed by atoms with Crippen molar-refractivity contribution >= 4 is 16.1 Å². The highest BCUT2D eigenvalue weighted by molar-refractivity contribution is 7.89. The van der Waals surface area contributed by atoms with Gasteiger partial charge in [-0.05, 0) is 59.8 Å². The summed E-state index contributed by atoms with van der Waals surface area (Å²) in [5.74, 6) is 0.207. The molecule has 1 aliphatic rings. The van der Waals surface area contributed by atoms with E-state index in [1.54, 1.807) is 13.8 Å². The molecule has 0 radical (unpaired) electrons. The number of alkyl carbamates (subject to hydrolysis) is 1. The normalized spacial score (nSPS) is 23.3. The van der Waals surface area contributed by atoms with E-state index in [2.05, 4.69) is 10.0 Å². The SMILES string of the molecule is CC(C)NS(=O)(=O)C[C@@H]1CC[C@H](NC(=O)OC(C)(C)C)C1. The summed E-state index contributed by atoms with van der Waals surface area (Å²) < 4.78 is 31.6. The molecule has 6 nitrogen and oxygen atoms in total. The monoisotopic (exact) mass is 320 g/mol. The highest BCUT2D eigenvalue weighted by Gasteiger charge is 2.30. The number of hydrogen-bond acceptors (Lipinski definition) is 4. The van der Waals surface area contributed by atoms with Gasteiger partial charge in [-0.1, -0.05) is 0 Å². The van der Waals surface area contributed by atoms with Crippen molar-refractivity contribution in [1.82, 2.24) is 10.0 Å². The van der Waals surface area contributed by atoms with Crippen molar-refractivity contribution < 1.29 is 17.9 Å². The molecular formula is C14H28N2O4S. The summed E-state index contributed by atoms with van der Waals surface area (Å²) in [4.78, 5) is 11.7. The predicted octanol–water partition coefficient (Wildman–Crippen LogP) is 2.01. The van der Waals surface area contributed by atoms with E-state index >= 15 is 0 Å². The average Bonchev–Trinajstić information content (AvgIpc) is 2.58. The summed E-state index contributed by atoms with van der Waals surface area (Å²) in [7, 11) is -3.24. The van der Waals surface area contributed by atoms with Crippen LogP contribution in [0.1, 0.15) is 53.9 Å². The van der Waals surface area contributed by atoms with Crippen molar-refractivity contribution in [2.24, 2.45) is 5.92 Å². The first-order valence-electron chi connectivity index (χ1n) is 7.46. The highest BCUT2D eigenvalue weighted by Crippen LogP contribution is 2.27. The van der Waals surface area contributed by atoms with E-state index in [0.29, 0.717) is 6.42 Å². The first kappa shape index (κ1) is 18.2. The molecule has 0 unspecified atom stereocenters. The van der Waals surface area contributed by atoms with Gasteiger partial charge in [0.15, 0.2) is 0 Å². The van der Waals surface area contributed by atoms with Gasteiger partial charge in [-0.3, -0.25) is 0 Å². The number of nitrogens with one attached hydrogen (secondary N) is 2. The third-order valence-electron chi connectivity index (χ3n) is 3.13.